The third kappa shape index (κ3) is 1.80. The van der Waals surface area contributed by atoms with Gasteiger partial charge in [0, 0.05) is 22.7 Å². The summed E-state index contributed by atoms with van der Waals surface area (Å²) >= 11 is 7.24. The minimum absolute atomic E-state index is 0.0805. The van der Waals surface area contributed by atoms with E-state index in [0.29, 0.717) is 15.5 Å². The van der Waals surface area contributed by atoms with Crippen LogP contribution < -0.4 is 0 Å². The zero-order chi connectivity index (χ0) is 14.4. The second-order valence-corrected chi connectivity index (χ2v) is 5.63. The maximum atomic E-state index is 11.6. The smallest absolute Gasteiger partial charge is 0.360 e. The molecule has 0 spiro atoms. The Morgan fingerprint density at radius 2 is 2.25 bits per heavy atom. The third-order valence-electron chi connectivity index (χ3n) is 3.00. The summed E-state index contributed by atoms with van der Waals surface area (Å²) in [6, 6.07) is 1.72. The van der Waals surface area contributed by atoms with Gasteiger partial charge in [0.2, 0.25) is 0 Å². The molecule has 1 N–H and O–H groups in total. The highest BCUT2D eigenvalue weighted by Crippen LogP contribution is 2.41. The van der Waals surface area contributed by atoms with E-state index in [4.69, 9.17) is 11.6 Å². The molecule has 0 unspecified atom stereocenters. The number of fused-ring (bicyclic) bond motifs is 3. The molecule has 0 saturated carbocycles. The lowest BCUT2D eigenvalue weighted by atomic mass is 10.1. The summed E-state index contributed by atoms with van der Waals surface area (Å²) in [6.45, 7) is 1.77. The average molecular weight is 309 g/mol. The van der Waals surface area contributed by atoms with Crippen LogP contribution in [0.3, 0.4) is 0 Å². The van der Waals surface area contributed by atoms with Crippen LogP contribution in [0.5, 0.6) is 5.75 Å². The summed E-state index contributed by atoms with van der Waals surface area (Å²) in [7, 11) is 1.25. The monoisotopic (exact) mass is 308 g/mol. The van der Waals surface area contributed by atoms with Crippen molar-refractivity contribution in [2.75, 3.05) is 7.11 Å². The molecule has 0 aliphatic heterocycles. The normalized spacial score (nSPS) is 11.2. The summed E-state index contributed by atoms with van der Waals surface area (Å²) in [4.78, 5) is 19.8. The highest BCUT2D eigenvalue weighted by Gasteiger charge is 2.21. The van der Waals surface area contributed by atoms with Crippen molar-refractivity contribution in [1.82, 2.24) is 9.97 Å². The molecule has 0 bridgehead atoms. The second-order valence-electron chi connectivity index (χ2n) is 4.20. The van der Waals surface area contributed by atoms with Crippen LogP contribution in [0.4, 0.5) is 0 Å². The maximum absolute atomic E-state index is 11.6. The van der Waals surface area contributed by atoms with Gasteiger partial charge in [0.15, 0.2) is 11.4 Å². The van der Waals surface area contributed by atoms with Gasteiger partial charge in [-0.2, -0.15) is 0 Å². The second kappa shape index (κ2) is 4.57. The van der Waals surface area contributed by atoms with Crippen LogP contribution in [-0.2, 0) is 4.74 Å². The number of esters is 1. The predicted molar refractivity (Wildman–Crippen MR) is 77.7 cm³/mol. The first-order valence-electron chi connectivity index (χ1n) is 5.68. The van der Waals surface area contributed by atoms with Crippen molar-refractivity contribution < 1.29 is 14.6 Å². The number of carbonyl (C=O) groups is 1. The first-order chi connectivity index (χ1) is 9.52. The fourth-order valence-electron chi connectivity index (χ4n) is 2.13. The van der Waals surface area contributed by atoms with Crippen molar-refractivity contribution in [2.45, 2.75) is 6.92 Å². The molecule has 0 aromatic carbocycles. The summed E-state index contributed by atoms with van der Waals surface area (Å²) in [6.07, 6.45) is 1.64. The number of carbonyl (C=O) groups excluding carboxylic acids is 1. The highest BCUT2D eigenvalue weighted by atomic mass is 35.5. The fourth-order valence-corrected chi connectivity index (χ4v) is 3.43. The largest absolute Gasteiger partial charge is 0.504 e. The molecule has 3 rings (SSSR count). The zero-order valence-electron chi connectivity index (χ0n) is 10.6. The number of aryl methyl sites for hydroxylation is 1. The van der Waals surface area contributed by atoms with Gasteiger partial charge in [-0.3, -0.25) is 0 Å². The van der Waals surface area contributed by atoms with Gasteiger partial charge in [0.25, 0.3) is 0 Å². The van der Waals surface area contributed by atoms with Gasteiger partial charge >= 0.3 is 5.97 Å². The van der Waals surface area contributed by atoms with E-state index in [-0.39, 0.29) is 11.4 Å². The van der Waals surface area contributed by atoms with Gasteiger partial charge in [-0.15, -0.1) is 11.3 Å². The number of halogens is 1. The molecule has 3 aromatic rings. The van der Waals surface area contributed by atoms with Crippen LogP contribution in [0.15, 0.2) is 12.3 Å². The SMILES string of the molecule is COC(=O)c1nc(C)c2c(sc3cnc(Cl)cc32)c1O. The summed E-state index contributed by atoms with van der Waals surface area (Å²) in [5.41, 5.74) is 0.551. The summed E-state index contributed by atoms with van der Waals surface area (Å²) < 4.78 is 6.07. The number of thiophene rings is 1. The molecular formula is C13H9ClN2O3S. The quantitative estimate of drug-likeness (QED) is 0.551. The first kappa shape index (κ1) is 13.1. The van der Waals surface area contributed by atoms with Crippen molar-refractivity contribution in [2.24, 2.45) is 0 Å². The Bertz CT molecular complexity index is 860. The van der Waals surface area contributed by atoms with Gasteiger partial charge in [0.05, 0.1) is 16.5 Å². The molecule has 20 heavy (non-hydrogen) atoms. The van der Waals surface area contributed by atoms with Gasteiger partial charge in [-0.25, -0.2) is 14.8 Å². The number of pyridine rings is 2. The Balaban J connectivity index is 2.46. The van der Waals surface area contributed by atoms with Crippen LogP contribution in [0.25, 0.3) is 20.2 Å². The van der Waals surface area contributed by atoms with E-state index in [0.717, 1.165) is 15.5 Å². The molecule has 3 aromatic heterocycles. The molecule has 0 fully saturated rings. The van der Waals surface area contributed by atoms with Crippen molar-refractivity contribution >= 4 is 49.1 Å². The van der Waals surface area contributed by atoms with E-state index in [2.05, 4.69) is 14.7 Å². The van der Waals surface area contributed by atoms with Gasteiger partial charge in [0.1, 0.15) is 5.15 Å². The lowest BCUT2D eigenvalue weighted by molar-refractivity contribution is 0.0590. The Kier molecular flexibility index (Phi) is 2.99. The minimum atomic E-state index is -0.666. The predicted octanol–water partition coefficient (Wildman–Crippen LogP) is 3.30. The molecule has 102 valence electrons. The van der Waals surface area contributed by atoms with E-state index in [1.807, 2.05) is 0 Å². The third-order valence-corrected chi connectivity index (χ3v) is 4.36. The number of hydrogen-bond acceptors (Lipinski definition) is 6. The maximum Gasteiger partial charge on any atom is 0.360 e. The number of aromatic hydroxyl groups is 1. The van der Waals surface area contributed by atoms with E-state index >= 15 is 0 Å². The van der Waals surface area contributed by atoms with Crippen molar-refractivity contribution in [1.29, 1.82) is 0 Å². The number of ether oxygens (including phenoxy) is 1. The van der Waals surface area contributed by atoms with Gasteiger partial charge in [-0.1, -0.05) is 11.6 Å². The Hall–Kier alpha value is -1.92. The summed E-state index contributed by atoms with van der Waals surface area (Å²) in [5, 5.41) is 12.2. The number of rotatable bonds is 1. The lowest BCUT2D eigenvalue weighted by Crippen LogP contribution is -2.05. The van der Waals surface area contributed by atoms with Crippen LogP contribution in [0.2, 0.25) is 5.15 Å². The van der Waals surface area contributed by atoms with Gasteiger partial charge < -0.3 is 9.84 Å². The molecule has 0 aliphatic carbocycles. The molecule has 7 heteroatoms. The van der Waals surface area contributed by atoms with Crippen LogP contribution in [0, 0.1) is 6.92 Å². The molecule has 0 amide bonds. The van der Waals surface area contributed by atoms with Crippen molar-refractivity contribution in [3.63, 3.8) is 0 Å². The van der Waals surface area contributed by atoms with Gasteiger partial charge in [-0.05, 0) is 13.0 Å². The standard InChI is InChI=1S/C13H9ClN2O3S/c1-5-9-6-3-8(14)15-4-7(6)20-12(9)11(17)10(16-5)13(18)19-2/h3-4,17H,1-2H3. The lowest BCUT2D eigenvalue weighted by Gasteiger charge is -2.05. The summed E-state index contributed by atoms with van der Waals surface area (Å²) in [5.74, 6) is -0.837. The topological polar surface area (TPSA) is 72.3 Å². The van der Waals surface area contributed by atoms with Crippen LogP contribution in [0.1, 0.15) is 16.2 Å². The molecule has 0 radical (unpaired) electrons. The van der Waals surface area contributed by atoms with Crippen LogP contribution >= 0.6 is 22.9 Å². The Morgan fingerprint density at radius 1 is 1.50 bits per heavy atom. The van der Waals surface area contributed by atoms with E-state index in [1.165, 1.54) is 18.4 Å². The first-order valence-corrected chi connectivity index (χ1v) is 6.88. The number of nitrogens with zero attached hydrogens (tertiary/aromatic N) is 2. The molecule has 0 atom stereocenters. The Labute approximate surface area is 122 Å². The number of hydrogen-bond donors (Lipinski definition) is 1. The molecule has 0 saturated heterocycles. The zero-order valence-corrected chi connectivity index (χ0v) is 12.2. The average Bonchev–Trinajstić information content (AvgIpc) is 2.81. The van der Waals surface area contributed by atoms with Crippen molar-refractivity contribution in [3.05, 3.63) is 28.8 Å². The molecule has 0 aliphatic rings. The molecule has 3 heterocycles. The minimum Gasteiger partial charge on any atom is -0.504 e. The van der Waals surface area contributed by atoms with Crippen molar-refractivity contribution in [3.8, 4) is 5.75 Å². The molecule has 5 nitrogen and oxygen atoms in total. The Morgan fingerprint density at radius 3 is 2.95 bits per heavy atom. The molecular weight excluding hydrogens is 300 g/mol. The van der Waals surface area contributed by atoms with E-state index < -0.39 is 5.97 Å². The number of methoxy groups -OCH3 is 1. The van der Waals surface area contributed by atoms with Crippen LogP contribution in [-0.4, -0.2) is 28.2 Å². The number of aromatic nitrogens is 2. The highest BCUT2D eigenvalue weighted by molar-refractivity contribution is 7.26. The van der Waals surface area contributed by atoms with E-state index in [9.17, 15) is 9.90 Å². The fraction of sp³-hybridized carbons (Fsp3) is 0.154. The van der Waals surface area contributed by atoms with E-state index in [1.54, 1.807) is 19.2 Å².